The van der Waals surface area contributed by atoms with Crippen molar-refractivity contribution in [3.05, 3.63) is 64.2 Å². The normalized spacial score (nSPS) is 11.0. The molecule has 4 rings (SSSR count). The molecule has 1 amide bonds. The lowest BCUT2D eigenvalue weighted by Gasteiger charge is -2.23. The van der Waals surface area contributed by atoms with E-state index in [-0.39, 0.29) is 5.91 Å². The van der Waals surface area contributed by atoms with Crippen LogP contribution in [0.25, 0.3) is 11.4 Å². The number of benzene rings is 2. The quantitative estimate of drug-likeness (QED) is 0.301. The van der Waals surface area contributed by atoms with Gasteiger partial charge in [0.1, 0.15) is 5.75 Å². The van der Waals surface area contributed by atoms with Crippen LogP contribution in [0.5, 0.6) is 5.75 Å². The number of methoxy groups -OCH3 is 1. The van der Waals surface area contributed by atoms with Gasteiger partial charge in [0.05, 0.1) is 18.5 Å². The number of rotatable bonds is 7. The predicted octanol–water partition coefficient (Wildman–Crippen LogP) is 5.85. The van der Waals surface area contributed by atoms with Crippen molar-refractivity contribution in [2.45, 2.75) is 38.6 Å². The standard InChI is InChI=1S/C25H27N5O2S2/c1-15-11-16(2)22(17(3)12-15)30(18(4)31)24-26-20(13-33-24)14-34-25-28-27-23(29(25)5)19-7-9-21(32-6)10-8-19/h7-13H,14H2,1-6H3. The summed E-state index contributed by atoms with van der Waals surface area (Å²) in [6, 6.07) is 11.9. The van der Waals surface area contributed by atoms with E-state index in [9.17, 15) is 4.79 Å². The molecule has 0 aliphatic rings. The van der Waals surface area contributed by atoms with Crippen LogP contribution in [0.1, 0.15) is 29.3 Å². The number of amides is 1. The Morgan fingerprint density at radius 3 is 2.41 bits per heavy atom. The highest BCUT2D eigenvalue weighted by Crippen LogP contribution is 2.35. The average molecular weight is 494 g/mol. The van der Waals surface area contributed by atoms with Crippen molar-refractivity contribution in [2.75, 3.05) is 12.0 Å². The van der Waals surface area contributed by atoms with E-state index in [2.05, 4.69) is 29.3 Å². The Morgan fingerprint density at radius 1 is 1.12 bits per heavy atom. The Balaban J connectivity index is 1.52. The number of hydrogen-bond acceptors (Lipinski definition) is 7. The maximum Gasteiger partial charge on any atom is 0.230 e. The third-order valence-corrected chi connectivity index (χ3v) is 7.37. The van der Waals surface area contributed by atoms with Crippen LogP contribution in [-0.4, -0.2) is 32.8 Å². The second kappa shape index (κ2) is 9.99. The highest BCUT2D eigenvalue weighted by atomic mass is 32.2. The molecule has 0 radical (unpaired) electrons. The number of nitrogens with zero attached hydrogens (tertiary/aromatic N) is 5. The maximum absolute atomic E-state index is 12.6. The zero-order valence-corrected chi connectivity index (χ0v) is 21.8. The van der Waals surface area contributed by atoms with Gasteiger partial charge in [0, 0.05) is 30.7 Å². The first kappa shape index (κ1) is 24.0. The molecule has 0 spiro atoms. The molecule has 176 valence electrons. The molecule has 2 aromatic heterocycles. The first-order chi connectivity index (χ1) is 16.3. The maximum atomic E-state index is 12.6. The van der Waals surface area contributed by atoms with Crippen LogP contribution < -0.4 is 9.64 Å². The lowest BCUT2D eigenvalue weighted by molar-refractivity contribution is -0.115. The molecule has 0 aliphatic carbocycles. The summed E-state index contributed by atoms with van der Waals surface area (Å²) in [7, 11) is 3.60. The summed E-state index contributed by atoms with van der Waals surface area (Å²) in [6.07, 6.45) is 0. The fourth-order valence-electron chi connectivity index (χ4n) is 3.95. The molecule has 2 aromatic carbocycles. The minimum Gasteiger partial charge on any atom is -0.497 e. The van der Waals surface area contributed by atoms with Crippen molar-refractivity contribution in [3.8, 4) is 17.1 Å². The Morgan fingerprint density at radius 2 is 1.79 bits per heavy atom. The second-order valence-electron chi connectivity index (χ2n) is 8.11. The molecule has 0 bridgehead atoms. The molecular formula is C25H27N5O2S2. The summed E-state index contributed by atoms with van der Waals surface area (Å²) in [6.45, 7) is 7.70. The van der Waals surface area contributed by atoms with Gasteiger partial charge in [-0.2, -0.15) is 0 Å². The molecule has 0 fully saturated rings. The SMILES string of the molecule is COc1ccc(-c2nnc(SCc3csc(N(C(C)=O)c4c(C)cc(C)cc4C)n3)n2C)cc1. The van der Waals surface area contributed by atoms with Gasteiger partial charge < -0.3 is 9.30 Å². The van der Waals surface area contributed by atoms with Crippen LogP contribution >= 0.6 is 23.1 Å². The smallest absolute Gasteiger partial charge is 0.230 e. The largest absolute Gasteiger partial charge is 0.497 e. The third kappa shape index (κ3) is 4.85. The van der Waals surface area contributed by atoms with Crippen LogP contribution in [-0.2, 0) is 17.6 Å². The highest BCUT2D eigenvalue weighted by molar-refractivity contribution is 7.98. The number of aryl methyl sites for hydroxylation is 3. The van der Waals surface area contributed by atoms with E-state index in [1.54, 1.807) is 30.7 Å². The van der Waals surface area contributed by atoms with Crippen molar-refractivity contribution >= 4 is 39.8 Å². The molecule has 0 unspecified atom stereocenters. The summed E-state index contributed by atoms with van der Waals surface area (Å²) in [5.74, 6) is 2.16. The van der Waals surface area contributed by atoms with E-state index in [1.165, 1.54) is 16.9 Å². The van der Waals surface area contributed by atoms with Crippen molar-refractivity contribution in [1.29, 1.82) is 0 Å². The van der Waals surface area contributed by atoms with Gasteiger partial charge in [-0.3, -0.25) is 9.69 Å². The van der Waals surface area contributed by atoms with E-state index >= 15 is 0 Å². The molecule has 0 saturated carbocycles. The van der Waals surface area contributed by atoms with Crippen molar-refractivity contribution < 1.29 is 9.53 Å². The zero-order valence-electron chi connectivity index (χ0n) is 20.1. The number of carbonyl (C=O) groups excluding carboxylic acids is 1. The van der Waals surface area contributed by atoms with E-state index in [1.807, 2.05) is 55.1 Å². The van der Waals surface area contributed by atoms with Gasteiger partial charge in [-0.1, -0.05) is 29.5 Å². The van der Waals surface area contributed by atoms with E-state index in [0.29, 0.717) is 10.9 Å². The van der Waals surface area contributed by atoms with Crippen molar-refractivity contribution in [1.82, 2.24) is 19.7 Å². The molecule has 34 heavy (non-hydrogen) atoms. The summed E-state index contributed by atoms with van der Waals surface area (Å²) in [5.41, 5.74) is 6.07. The number of ether oxygens (including phenoxy) is 1. The number of aromatic nitrogens is 4. The molecule has 0 saturated heterocycles. The number of carbonyl (C=O) groups is 1. The van der Waals surface area contributed by atoms with Crippen LogP contribution in [0.3, 0.4) is 0 Å². The van der Waals surface area contributed by atoms with Gasteiger partial charge in [-0.05, 0) is 56.2 Å². The Labute approximate surface area is 207 Å². The Bertz CT molecular complexity index is 1300. The number of anilines is 2. The van der Waals surface area contributed by atoms with Gasteiger partial charge in [-0.25, -0.2) is 4.98 Å². The lowest BCUT2D eigenvalue weighted by atomic mass is 10.0. The van der Waals surface area contributed by atoms with Crippen molar-refractivity contribution in [2.24, 2.45) is 7.05 Å². The van der Waals surface area contributed by atoms with Gasteiger partial charge in [0.2, 0.25) is 5.91 Å². The third-order valence-electron chi connectivity index (χ3n) is 5.44. The van der Waals surface area contributed by atoms with Gasteiger partial charge in [0.15, 0.2) is 16.1 Å². The first-order valence-electron chi connectivity index (χ1n) is 10.8. The Hall–Kier alpha value is -3.17. The first-order valence-corrected chi connectivity index (χ1v) is 12.6. The van der Waals surface area contributed by atoms with Crippen molar-refractivity contribution in [3.63, 3.8) is 0 Å². The van der Waals surface area contributed by atoms with Crippen LogP contribution in [0, 0.1) is 20.8 Å². The molecule has 9 heteroatoms. The fourth-order valence-corrected chi connectivity index (χ4v) is 5.73. The van der Waals surface area contributed by atoms with E-state index in [0.717, 1.165) is 44.8 Å². The summed E-state index contributed by atoms with van der Waals surface area (Å²) < 4.78 is 7.20. The second-order valence-corrected chi connectivity index (χ2v) is 9.88. The Kier molecular flexibility index (Phi) is 7.04. The van der Waals surface area contributed by atoms with Crippen LogP contribution in [0.2, 0.25) is 0 Å². The number of hydrogen-bond donors (Lipinski definition) is 0. The van der Waals surface area contributed by atoms with Gasteiger partial charge in [-0.15, -0.1) is 21.5 Å². The lowest BCUT2D eigenvalue weighted by Crippen LogP contribution is -2.24. The zero-order chi connectivity index (χ0) is 24.4. The summed E-state index contributed by atoms with van der Waals surface area (Å²) in [5, 5.41) is 12.2. The minimum atomic E-state index is -0.0546. The predicted molar refractivity (Wildman–Crippen MR) is 138 cm³/mol. The van der Waals surface area contributed by atoms with E-state index < -0.39 is 0 Å². The molecular weight excluding hydrogens is 466 g/mol. The summed E-state index contributed by atoms with van der Waals surface area (Å²) >= 11 is 3.04. The highest BCUT2D eigenvalue weighted by Gasteiger charge is 2.22. The summed E-state index contributed by atoms with van der Waals surface area (Å²) in [4.78, 5) is 19.1. The molecule has 2 heterocycles. The minimum absolute atomic E-state index is 0.0546. The van der Waals surface area contributed by atoms with Crippen LogP contribution in [0.4, 0.5) is 10.8 Å². The van der Waals surface area contributed by atoms with Gasteiger partial charge >= 0.3 is 0 Å². The van der Waals surface area contributed by atoms with Gasteiger partial charge in [0.25, 0.3) is 0 Å². The fraction of sp³-hybridized carbons (Fsp3) is 0.280. The molecule has 4 aromatic rings. The molecule has 7 nitrogen and oxygen atoms in total. The molecule has 0 aliphatic heterocycles. The molecule has 0 atom stereocenters. The number of thiazole rings is 1. The topological polar surface area (TPSA) is 73.1 Å². The number of thioether (sulfide) groups is 1. The molecule has 0 N–H and O–H groups in total. The average Bonchev–Trinajstić information content (AvgIpc) is 3.41. The monoisotopic (exact) mass is 493 g/mol. The van der Waals surface area contributed by atoms with E-state index in [4.69, 9.17) is 9.72 Å². The van der Waals surface area contributed by atoms with Crippen LogP contribution in [0.15, 0.2) is 46.9 Å².